The van der Waals surface area contributed by atoms with E-state index in [0.717, 1.165) is 16.9 Å². The van der Waals surface area contributed by atoms with Crippen molar-refractivity contribution in [1.29, 1.82) is 0 Å². The van der Waals surface area contributed by atoms with Gasteiger partial charge in [0.2, 0.25) is 5.91 Å². The van der Waals surface area contributed by atoms with E-state index < -0.39 is 4.92 Å². The second-order valence-electron chi connectivity index (χ2n) is 7.89. The number of hydrogen-bond acceptors (Lipinski definition) is 7. The van der Waals surface area contributed by atoms with Gasteiger partial charge in [0.1, 0.15) is 0 Å². The molecule has 0 aliphatic rings. The number of aromatic nitrogens is 3. The van der Waals surface area contributed by atoms with E-state index in [9.17, 15) is 14.9 Å². The second-order valence-corrected chi connectivity index (χ2v) is 8.83. The predicted octanol–water partition coefficient (Wildman–Crippen LogP) is 5.14. The first-order valence-corrected chi connectivity index (χ1v) is 11.9. The fourth-order valence-corrected chi connectivity index (χ4v) is 4.27. The number of carbonyl (C=O) groups is 1. The molecule has 2 N–H and O–H groups in total. The Bertz CT molecular complexity index is 1360. The second kappa shape index (κ2) is 10.8. The third-order valence-electron chi connectivity index (χ3n) is 5.21. The van der Waals surface area contributed by atoms with Crippen LogP contribution in [0.3, 0.4) is 0 Å². The third kappa shape index (κ3) is 6.04. The van der Waals surface area contributed by atoms with E-state index in [2.05, 4.69) is 26.9 Å². The Balaban J connectivity index is 1.48. The van der Waals surface area contributed by atoms with Gasteiger partial charge in [-0.15, -0.1) is 10.2 Å². The number of aryl methyl sites for hydroxylation is 2. The topological polar surface area (TPSA) is 115 Å². The van der Waals surface area contributed by atoms with E-state index >= 15 is 0 Å². The number of nitro benzene ring substituents is 1. The maximum absolute atomic E-state index is 12.6. The zero-order valence-electron chi connectivity index (χ0n) is 19.3. The van der Waals surface area contributed by atoms with Crippen LogP contribution in [0.2, 0.25) is 0 Å². The summed E-state index contributed by atoms with van der Waals surface area (Å²) in [6.45, 7) is 4.21. The van der Waals surface area contributed by atoms with Crippen LogP contribution < -0.4 is 10.6 Å². The van der Waals surface area contributed by atoms with Crippen LogP contribution in [0.15, 0.2) is 78.0 Å². The maximum Gasteiger partial charge on any atom is 0.269 e. The SMILES string of the molecule is Cc1cccc(NCc2nnc(SCC(=O)Nc3ccc([N+](=O)[O-])cc3C)n2-c2ccccc2)c1. The molecule has 0 aliphatic heterocycles. The van der Waals surface area contributed by atoms with Crippen molar-refractivity contribution in [2.75, 3.05) is 16.4 Å². The third-order valence-corrected chi connectivity index (χ3v) is 6.14. The highest BCUT2D eigenvalue weighted by Crippen LogP contribution is 2.25. The van der Waals surface area contributed by atoms with Crippen LogP contribution in [0.1, 0.15) is 17.0 Å². The maximum atomic E-state index is 12.6. The summed E-state index contributed by atoms with van der Waals surface area (Å²) < 4.78 is 1.93. The molecule has 0 radical (unpaired) electrons. The minimum Gasteiger partial charge on any atom is -0.378 e. The first kappa shape index (κ1) is 24.0. The predicted molar refractivity (Wildman–Crippen MR) is 137 cm³/mol. The molecule has 10 heteroatoms. The lowest BCUT2D eigenvalue weighted by atomic mass is 10.2. The number of carbonyl (C=O) groups excluding carboxylic acids is 1. The van der Waals surface area contributed by atoms with Crippen LogP contribution in [0.4, 0.5) is 17.1 Å². The normalized spacial score (nSPS) is 10.7. The molecule has 9 nitrogen and oxygen atoms in total. The number of nitrogens with zero attached hydrogens (tertiary/aromatic N) is 4. The van der Waals surface area contributed by atoms with Gasteiger partial charge in [-0.3, -0.25) is 19.5 Å². The van der Waals surface area contributed by atoms with E-state index in [-0.39, 0.29) is 17.3 Å². The van der Waals surface area contributed by atoms with Crippen LogP contribution in [0, 0.1) is 24.0 Å². The summed E-state index contributed by atoms with van der Waals surface area (Å²) in [5.41, 5.74) is 4.18. The van der Waals surface area contributed by atoms with Crippen molar-refractivity contribution in [1.82, 2.24) is 14.8 Å². The highest BCUT2D eigenvalue weighted by molar-refractivity contribution is 7.99. The molecule has 0 saturated carbocycles. The quantitative estimate of drug-likeness (QED) is 0.190. The molecule has 1 aromatic heterocycles. The molecule has 0 bridgehead atoms. The van der Waals surface area contributed by atoms with Gasteiger partial charge in [0.25, 0.3) is 5.69 Å². The van der Waals surface area contributed by atoms with Crippen LogP contribution >= 0.6 is 11.8 Å². The number of para-hydroxylation sites is 1. The summed E-state index contributed by atoms with van der Waals surface area (Å²) in [6, 6.07) is 22.2. The largest absolute Gasteiger partial charge is 0.378 e. The van der Waals surface area contributed by atoms with Crippen LogP contribution in [0.25, 0.3) is 5.69 Å². The minimum atomic E-state index is -0.462. The molecule has 178 valence electrons. The summed E-state index contributed by atoms with van der Waals surface area (Å²) in [6.07, 6.45) is 0. The Morgan fingerprint density at radius 2 is 1.83 bits per heavy atom. The Kier molecular flexibility index (Phi) is 7.41. The van der Waals surface area contributed by atoms with Crippen LogP contribution in [-0.2, 0) is 11.3 Å². The fraction of sp³-hybridized carbons (Fsp3) is 0.160. The Hall–Kier alpha value is -4.18. The molecule has 35 heavy (non-hydrogen) atoms. The number of hydrogen-bond donors (Lipinski definition) is 2. The summed E-state index contributed by atoms with van der Waals surface area (Å²) in [5.74, 6) is 0.577. The van der Waals surface area contributed by atoms with Crippen molar-refractivity contribution >= 4 is 34.7 Å². The number of thioether (sulfide) groups is 1. The van der Waals surface area contributed by atoms with E-state index in [0.29, 0.717) is 28.8 Å². The van der Waals surface area contributed by atoms with Gasteiger partial charge >= 0.3 is 0 Å². The molecule has 1 heterocycles. The van der Waals surface area contributed by atoms with Crippen molar-refractivity contribution in [3.63, 3.8) is 0 Å². The van der Waals surface area contributed by atoms with Gasteiger partial charge in [-0.2, -0.15) is 0 Å². The molecule has 0 unspecified atom stereocenters. The first-order chi connectivity index (χ1) is 16.9. The van der Waals surface area contributed by atoms with Crippen molar-refractivity contribution in [2.45, 2.75) is 25.5 Å². The molecule has 4 rings (SSSR count). The van der Waals surface area contributed by atoms with Gasteiger partial charge in [0.05, 0.1) is 17.2 Å². The van der Waals surface area contributed by atoms with E-state index in [1.807, 2.05) is 60.0 Å². The standard InChI is InChI=1S/C25H24N6O3S/c1-17-7-6-8-19(13-17)26-15-23-28-29-25(30(23)20-9-4-3-5-10-20)35-16-24(32)27-22-12-11-21(31(33)34)14-18(22)2/h3-14,26H,15-16H2,1-2H3,(H,27,32). The van der Waals surface area contributed by atoms with Gasteiger partial charge in [0.15, 0.2) is 11.0 Å². The number of amides is 1. The minimum absolute atomic E-state index is 0.0161. The highest BCUT2D eigenvalue weighted by atomic mass is 32.2. The average Bonchev–Trinajstić information content (AvgIpc) is 3.26. The average molecular weight is 489 g/mol. The number of anilines is 2. The van der Waals surface area contributed by atoms with Gasteiger partial charge in [-0.1, -0.05) is 42.1 Å². The number of nitro groups is 1. The van der Waals surface area contributed by atoms with Crippen molar-refractivity contribution in [3.05, 3.63) is 99.9 Å². The Morgan fingerprint density at radius 3 is 2.54 bits per heavy atom. The number of benzene rings is 3. The van der Waals surface area contributed by atoms with Gasteiger partial charge in [0, 0.05) is 29.2 Å². The van der Waals surface area contributed by atoms with E-state index in [1.165, 1.54) is 30.0 Å². The molecule has 0 fully saturated rings. The highest BCUT2D eigenvalue weighted by Gasteiger charge is 2.17. The Morgan fingerprint density at radius 1 is 1.03 bits per heavy atom. The Labute approximate surface area is 206 Å². The van der Waals surface area contributed by atoms with Crippen LogP contribution in [-0.4, -0.2) is 31.3 Å². The van der Waals surface area contributed by atoms with Crippen LogP contribution in [0.5, 0.6) is 0 Å². The first-order valence-electron chi connectivity index (χ1n) is 10.9. The monoisotopic (exact) mass is 488 g/mol. The number of non-ortho nitro benzene ring substituents is 1. The number of nitrogens with one attached hydrogen (secondary N) is 2. The molecule has 0 atom stereocenters. The van der Waals surface area contributed by atoms with E-state index in [4.69, 9.17) is 0 Å². The molecular formula is C25H24N6O3S. The molecule has 0 saturated heterocycles. The lowest BCUT2D eigenvalue weighted by Gasteiger charge is -2.12. The molecule has 0 spiro atoms. The summed E-state index contributed by atoms with van der Waals surface area (Å²) in [4.78, 5) is 23.1. The molecule has 3 aromatic carbocycles. The smallest absolute Gasteiger partial charge is 0.269 e. The van der Waals surface area contributed by atoms with Crippen molar-refractivity contribution in [2.24, 2.45) is 0 Å². The van der Waals surface area contributed by atoms with Crippen molar-refractivity contribution in [3.8, 4) is 5.69 Å². The summed E-state index contributed by atoms with van der Waals surface area (Å²) in [5, 5.41) is 26.4. The lowest BCUT2D eigenvalue weighted by molar-refractivity contribution is -0.384. The van der Waals surface area contributed by atoms with Gasteiger partial charge in [-0.25, -0.2) is 0 Å². The fourth-order valence-electron chi connectivity index (χ4n) is 3.50. The number of rotatable bonds is 9. The summed E-state index contributed by atoms with van der Waals surface area (Å²) >= 11 is 1.27. The zero-order valence-corrected chi connectivity index (χ0v) is 20.1. The molecule has 4 aromatic rings. The lowest BCUT2D eigenvalue weighted by Crippen LogP contribution is -2.15. The molecule has 1 amide bonds. The molecule has 0 aliphatic carbocycles. The van der Waals surface area contributed by atoms with E-state index in [1.54, 1.807) is 6.92 Å². The van der Waals surface area contributed by atoms with Gasteiger partial charge in [-0.05, 0) is 55.3 Å². The zero-order chi connectivity index (χ0) is 24.8. The van der Waals surface area contributed by atoms with Gasteiger partial charge < -0.3 is 10.6 Å². The summed E-state index contributed by atoms with van der Waals surface area (Å²) in [7, 11) is 0. The van der Waals surface area contributed by atoms with Crippen molar-refractivity contribution < 1.29 is 9.72 Å². The molecular weight excluding hydrogens is 464 g/mol.